The quantitative estimate of drug-likeness (QED) is 0.782. The third kappa shape index (κ3) is 5.23. The minimum Gasteiger partial charge on any atom is -0.475 e. The summed E-state index contributed by atoms with van der Waals surface area (Å²) in [5.41, 5.74) is 0. The highest BCUT2D eigenvalue weighted by Crippen LogP contribution is 2.34. The Bertz CT molecular complexity index is 509. The molecule has 3 aliphatic rings. The number of nitrogens with zero attached hydrogens (tertiary/aromatic N) is 3. The molecule has 3 heterocycles. The van der Waals surface area contributed by atoms with E-state index in [2.05, 4.69) is 19.0 Å². The van der Waals surface area contributed by atoms with E-state index in [0.29, 0.717) is 11.8 Å². The van der Waals surface area contributed by atoms with Crippen LogP contribution >= 0.6 is 0 Å². The van der Waals surface area contributed by atoms with Crippen molar-refractivity contribution >= 4 is 12.0 Å². The first-order valence-corrected chi connectivity index (χ1v) is 8.70. The molecule has 3 saturated heterocycles. The van der Waals surface area contributed by atoms with Gasteiger partial charge in [-0.3, -0.25) is 0 Å². The van der Waals surface area contributed by atoms with Gasteiger partial charge < -0.3 is 24.5 Å². The molecule has 7 nitrogen and oxygen atoms in total. The highest BCUT2D eigenvalue weighted by atomic mass is 19.4. The molecular formula is C16H26F3N3O4. The Morgan fingerprint density at radius 3 is 2.23 bits per heavy atom. The first-order chi connectivity index (χ1) is 12.1. The molecule has 0 bridgehead atoms. The fraction of sp³-hybridized carbons (Fsp3) is 0.875. The maximum Gasteiger partial charge on any atom is 0.490 e. The number of carboxylic acids is 1. The fourth-order valence-corrected chi connectivity index (χ4v) is 3.72. The van der Waals surface area contributed by atoms with E-state index in [-0.39, 0.29) is 12.1 Å². The lowest BCUT2D eigenvalue weighted by molar-refractivity contribution is -0.192. The van der Waals surface area contributed by atoms with E-state index in [4.69, 9.17) is 14.6 Å². The summed E-state index contributed by atoms with van der Waals surface area (Å²) in [6, 6.07) is 0.235. The van der Waals surface area contributed by atoms with Gasteiger partial charge in [-0.15, -0.1) is 0 Å². The molecule has 0 spiro atoms. The number of alkyl halides is 3. The van der Waals surface area contributed by atoms with Crippen molar-refractivity contribution in [2.75, 3.05) is 53.4 Å². The van der Waals surface area contributed by atoms with Gasteiger partial charge in [0.2, 0.25) is 0 Å². The van der Waals surface area contributed by atoms with E-state index in [1.165, 1.54) is 0 Å². The monoisotopic (exact) mass is 381 g/mol. The normalized spacial score (nSPS) is 28.2. The second-order valence-corrected chi connectivity index (χ2v) is 7.24. The number of halogens is 3. The molecule has 3 rings (SSSR count). The first kappa shape index (κ1) is 20.8. The Hall–Kier alpha value is -1.55. The van der Waals surface area contributed by atoms with Crippen LogP contribution in [0.25, 0.3) is 0 Å². The molecule has 3 aliphatic heterocycles. The number of carboxylic acid groups (broad SMARTS) is 1. The molecule has 0 radical (unpaired) electrons. The predicted octanol–water partition coefficient (Wildman–Crippen LogP) is 1.34. The molecule has 0 aromatic carbocycles. The number of carbonyl (C=O) groups excluding carboxylic acids is 1. The molecule has 150 valence electrons. The van der Waals surface area contributed by atoms with Gasteiger partial charge in [-0.2, -0.15) is 13.2 Å². The number of fused-ring (bicyclic) bond motifs is 1. The van der Waals surface area contributed by atoms with E-state index < -0.39 is 12.1 Å². The Labute approximate surface area is 150 Å². The number of likely N-dealkylation sites (tertiary alicyclic amines) is 2. The van der Waals surface area contributed by atoms with Crippen LogP contribution in [0.5, 0.6) is 0 Å². The van der Waals surface area contributed by atoms with Crippen molar-refractivity contribution in [2.45, 2.75) is 25.1 Å². The summed E-state index contributed by atoms with van der Waals surface area (Å²) in [6.07, 6.45) is -2.49. The van der Waals surface area contributed by atoms with Crippen LogP contribution in [-0.2, 0) is 9.53 Å². The van der Waals surface area contributed by atoms with Crippen LogP contribution in [0.2, 0.25) is 0 Å². The summed E-state index contributed by atoms with van der Waals surface area (Å²) in [5.74, 6) is -1.64. The second-order valence-electron chi connectivity index (χ2n) is 7.24. The molecular weight excluding hydrogens is 355 g/mol. The predicted molar refractivity (Wildman–Crippen MR) is 86.7 cm³/mol. The number of urea groups is 1. The number of ether oxygens (including phenoxy) is 1. The third-order valence-electron chi connectivity index (χ3n) is 4.93. The third-order valence-corrected chi connectivity index (χ3v) is 4.93. The smallest absolute Gasteiger partial charge is 0.475 e. The van der Waals surface area contributed by atoms with Gasteiger partial charge in [0.25, 0.3) is 0 Å². The van der Waals surface area contributed by atoms with Gasteiger partial charge in [0.1, 0.15) is 0 Å². The van der Waals surface area contributed by atoms with Crippen LogP contribution in [0.1, 0.15) is 12.8 Å². The van der Waals surface area contributed by atoms with Crippen molar-refractivity contribution in [3.8, 4) is 0 Å². The van der Waals surface area contributed by atoms with Crippen LogP contribution in [0.3, 0.4) is 0 Å². The lowest BCUT2D eigenvalue weighted by Gasteiger charge is -2.26. The van der Waals surface area contributed by atoms with E-state index in [9.17, 15) is 18.0 Å². The number of aliphatic carboxylic acids is 1. The molecule has 10 heteroatoms. The number of hydrogen-bond acceptors (Lipinski definition) is 4. The van der Waals surface area contributed by atoms with Crippen molar-refractivity contribution in [3.63, 3.8) is 0 Å². The van der Waals surface area contributed by atoms with Gasteiger partial charge in [0.05, 0.1) is 12.7 Å². The minimum absolute atomic E-state index is 0.235. The summed E-state index contributed by atoms with van der Waals surface area (Å²) in [5, 5.41) is 7.12. The van der Waals surface area contributed by atoms with Gasteiger partial charge in [0, 0.05) is 44.6 Å². The lowest BCUT2D eigenvalue weighted by Crippen LogP contribution is -2.41. The number of rotatable bonds is 2. The van der Waals surface area contributed by atoms with Crippen LogP contribution in [0, 0.1) is 11.8 Å². The zero-order valence-electron chi connectivity index (χ0n) is 15.0. The Morgan fingerprint density at radius 2 is 1.73 bits per heavy atom. The van der Waals surface area contributed by atoms with Crippen molar-refractivity contribution < 1.29 is 32.6 Å². The van der Waals surface area contributed by atoms with Crippen LogP contribution < -0.4 is 0 Å². The molecule has 0 unspecified atom stereocenters. The second kappa shape index (κ2) is 8.43. The van der Waals surface area contributed by atoms with Gasteiger partial charge in [-0.25, -0.2) is 9.59 Å². The number of amides is 2. The molecule has 1 N–H and O–H groups in total. The fourth-order valence-electron chi connectivity index (χ4n) is 3.72. The highest BCUT2D eigenvalue weighted by molar-refractivity contribution is 5.75. The van der Waals surface area contributed by atoms with Gasteiger partial charge in [-0.05, 0) is 26.9 Å². The minimum atomic E-state index is -5.08. The summed E-state index contributed by atoms with van der Waals surface area (Å²) in [4.78, 5) is 27.5. The average Bonchev–Trinajstić information content (AvgIpc) is 3.23. The van der Waals surface area contributed by atoms with Crippen molar-refractivity contribution in [1.82, 2.24) is 14.7 Å². The zero-order chi connectivity index (χ0) is 19.5. The molecule has 0 aromatic heterocycles. The summed E-state index contributed by atoms with van der Waals surface area (Å²) < 4.78 is 37.6. The average molecular weight is 381 g/mol. The number of hydrogen-bond donors (Lipinski definition) is 1. The SMILES string of the molecule is CN(C)C[C@@H]1CO[C@@H]2CN(C(=O)N3CCCC3)C[C@H]12.O=C(O)C(F)(F)F. The van der Waals surface area contributed by atoms with Crippen molar-refractivity contribution in [2.24, 2.45) is 11.8 Å². The topological polar surface area (TPSA) is 73.3 Å². The molecule has 2 amide bonds. The largest absolute Gasteiger partial charge is 0.490 e. The first-order valence-electron chi connectivity index (χ1n) is 8.70. The molecule has 0 aromatic rings. The van der Waals surface area contributed by atoms with E-state index in [1.807, 2.05) is 9.80 Å². The standard InChI is InChI=1S/C14H25N3O2.C2HF3O2/c1-15(2)7-11-10-19-13-9-17(8-12(11)13)14(18)16-5-3-4-6-16;3-2(4,5)1(6)7/h11-13H,3-10H2,1-2H3;(H,6,7)/t11-,12-,13-;/m1./s1. The van der Waals surface area contributed by atoms with Crippen molar-refractivity contribution in [3.05, 3.63) is 0 Å². The van der Waals surface area contributed by atoms with E-state index >= 15 is 0 Å². The van der Waals surface area contributed by atoms with Crippen LogP contribution in [0.15, 0.2) is 0 Å². The molecule has 3 fully saturated rings. The van der Waals surface area contributed by atoms with Crippen LogP contribution in [0.4, 0.5) is 18.0 Å². The Kier molecular flexibility index (Phi) is 6.73. The summed E-state index contributed by atoms with van der Waals surface area (Å²) >= 11 is 0. The highest BCUT2D eigenvalue weighted by Gasteiger charge is 2.46. The van der Waals surface area contributed by atoms with Gasteiger partial charge in [0.15, 0.2) is 0 Å². The van der Waals surface area contributed by atoms with Crippen molar-refractivity contribution in [1.29, 1.82) is 0 Å². The van der Waals surface area contributed by atoms with Crippen LogP contribution in [-0.4, -0.2) is 97.5 Å². The van der Waals surface area contributed by atoms with E-state index in [0.717, 1.165) is 52.2 Å². The lowest BCUT2D eigenvalue weighted by atomic mass is 9.93. The molecule has 26 heavy (non-hydrogen) atoms. The summed E-state index contributed by atoms with van der Waals surface area (Å²) in [6.45, 7) is 5.48. The van der Waals surface area contributed by atoms with E-state index in [1.54, 1.807) is 0 Å². The molecule has 0 saturated carbocycles. The molecule has 0 aliphatic carbocycles. The number of carbonyl (C=O) groups is 2. The van der Waals surface area contributed by atoms with Gasteiger partial charge >= 0.3 is 18.2 Å². The Balaban J connectivity index is 0.000000298. The Morgan fingerprint density at radius 1 is 1.15 bits per heavy atom. The maximum atomic E-state index is 12.4. The molecule has 3 atom stereocenters. The van der Waals surface area contributed by atoms with Gasteiger partial charge in [-0.1, -0.05) is 0 Å². The summed E-state index contributed by atoms with van der Waals surface area (Å²) in [7, 11) is 4.21. The zero-order valence-corrected chi connectivity index (χ0v) is 15.0. The maximum absolute atomic E-state index is 12.4.